The summed E-state index contributed by atoms with van der Waals surface area (Å²) in [6, 6.07) is 7.61. The van der Waals surface area contributed by atoms with E-state index in [4.69, 9.17) is 19.3 Å². The molecule has 0 aliphatic carbocycles. The molecule has 0 spiro atoms. The van der Waals surface area contributed by atoms with Crippen LogP contribution in [-0.4, -0.2) is 84.8 Å². The Morgan fingerprint density at radius 2 is 1.79 bits per heavy atom. The van der Waals surface area contributed by atoms with Gasteiger partial charge in [0, 0.05) is 37.8 Å². The fourth-order valence-corrected chi connectivity index (χ4v) is 4.84. The molecule has 3 heterocycles. The van der Waals surface area contributed by atoms with Gasteiger partial charge in [0.05, 0.1) is 20.3 Å². The molecule has 0 bridgehead atoms. The Morgan fingerprint density at radius 1 is 1.10 bits per heavy atom. The number of nitrogens with one attached hydrogen (secondary N) is 1. The minimum atomic E-state index is -0.567. The van der Waals surface area contributed by atoms with E-state index in [9.17, 15) is 10.1 Å². The van der Waals surface area contributed by atoms with Crippen LogP contribution in [0.2, 0.25) is 0 Å². The zero-order chi connectivity index (χ0) is 28.0. The molecule has 1 unspecified atom stereocenters. The van der Waals surface area contributed by atoms with E-state index in [1.54, 1.807) is 25.2 Å². The van der Waals surface area contributed by atoms with E-state index in [1.165, 1.54) is 12.8 Å². The summed E-state index contributed by atoms with van der Waals surface area (Å²) in [4.78, 5) is 16.8. The summed E-state index contributed by atoms with van der Waals surface area (Å²) >= 11 is 0. The van der Waals surface area contributed by atoms with Crippen molar-refractivity contribution >= 4 is 11.9 Å². The van der Waals surface area contributed by atoms with Crippen LogP contribution in [0, 0.1) is 23.2 Å². The summed E-state index contributed by atoms with van der Waals surface area (Å²) in [7, 11) is 3.17. The Hall–Kier alpha value is -3.89. The number of rotatable bonds is 7. The number of likely N-dealkylation sites (tertiary alicyclic amines) is 2. The highest BCUT2D eigenvalue weighted by Gasteiger charge is 2.33. The molecule has 208 valence electrons. The first-order chi connectivity index (χ1) is 18.7. The minimum absolute atomic E-state index is 0.105. The maximum Gasteiger partial charge on any atom is 0.410 e. The predicted molar refractivity (Wildman–Crippen MR) is 148 cm³/mol. The van der Waals surface area contributed by atoms with Gasteiger partial charge in [0.2, 0.25) is 0 Å². The molecule has 2 aliphatic heterocycles. The number of methoxy groups -OCH3 is 2. The van der Waals surface area contributed by atoms with Gasteiger partial charge in [0.25, 0.3) is 0 Å². The second kappa shape index (κ2) is 12.3. The average molecular weight is 535 g/mol. The molecule has 4 rings (SSSR count). The third-order valence-electron chi connectivity index (χ3n) is 6.78. The lowest BCUT2D eigenvalue weighted by Gasteiger charge is -2.24. The molecule has 1 N–H and O–H groups in total. The van der Waals surface area contributed by atoms with Crippen molar-refractivity contribution in [3.05, 3.63) is 35.0 Å². The summed E-state index contributed by atoms with van der Waals surface area (Å²) in [5, 5.41) is 18.4. The number of nitrogens with zero attached hydrogens (tertiary/aromatic N) is 5. The van der Waals surface area contributed by atoms with Crippen molar-refractivity contribution in [3.8, 4) is 29.4 Å². The number of carbonyl (C=O) groups excluding carboxylic acids is 1. The van der Waals surface area contributed by atoms with E-state index in [-0.39, 0.29) is 12.1 Å². The van der Waals surface area contributed by atoms with Crippen molar-refractivity contribution in [2.45, 2.75) is 51.7 Å². The molecule has 0 radical (unpaired) electrons. The highest BCUT2D eigenvalue weighted by Crippen LogP contribution is 2.30. The molecular weight excluding hydrogens is 496 g/mol. The molecule has 2 aromatic rings. The van der Waals surface area contributed by atoms with E-state index in [1.807, 2.05) is 37.6 Å². The van der Waals surface area contributed by atoms with Crippen LogP contribution < -0.4 is 14.8 Å². The molecule has 2 aliphatic rings. The van der Waals surface area contributed by atoms with Gasteiger partial charge >= 0.3 is 6.09 Å². The molecule has 0 saturated carbocycles. The number of aromatic nitrogens is 2. The van der Waals surface area contributed by atoms with E-state index in [0.717, 1.165) is 19.6 Å². The summed E-state index contributed by atoms with van der Waals surface area (Å²) in [6.07, 6.45) is 2.80. The van der Waals surface area contributed by atoms with Gasteiger partial charge in [0.15, 0.2) is 5.69 Å². The first-order valence-corrected chi connectivity index (χ1v) is 13.4. The number of nitriles is 1. The van der Waals surface area contributed by atoms with Crippen molar-refractivity contribution < 1.29 is 19.0 Å². The van der Waals surface area contributed by atoms with Gasteiger partial charge < -0.3 is 29.3 Å². The fraction of sp³-hybridized carbons (Fsp3) is 0.552. The van der Waals surface area contributed by atoms with Gasteiger partial charge in [0.1, 0.15) is 34.6 Å². The number of amides is 1. The third kappa shape index (κ3) is 7.15. The number of hydrogen-bond acceptors (Lipinski definition) is 8. The monoisotopic (exact) mass is 534 g/mol. The molecule has 39 heavy (non-hydrogen) atoms. The summed E-state index contributed by atoms with van der Waals surface area (Å²) < 4.78 is 18.1. The molecule has 1 atom stereocenters. The van der Waals surface area contributed by atoms with Gasteiger partial charge in [-0.05, 0) is 71.2 Å². The van der Waals surface area contributed by atoms with Crippen LogP contribution in [0.4, 0.5) is 10.6 Å². The van der Waals surface area contributed by atoms with Gasteiger partial charge in [-0.3, -0.25) is 0 Å². The fourth-order valence-electron chi connectivity index (χ4n) is 4.84. The Labute approximate surface area is 230 Å². The Kier molecular flexibility index (Phi) is 8.88. The number of ether oxygens (including phenoxy) is 3. The average Bonchev–Trinajstić information content (AvgIpc) is 3.66. The predicted octanol–water partition coefficient (Wildman–Crippen LogP) is 3.86. The van der Waals surface area contributed by atoms with E-state index < -0.39 is 5.60 Å². The molecular formula is C29H38N6O4. The van der Waals surface area contributed by atoms with Gasteiger partial charge in [-0.15, -0.1) is 0 Å². The van der Waals surface area contributed by atoms with E-state index in [2.05, 4.69) is 28.1 Å². The highest BCUT2D eigenvalue weighted by atomic mass is 16.6. The van der Waals surface area contributed by atoms with Crippen LogP contribution >= 0.6 is 0 Å². The normalized spacial score (nSPS) is 17.3. The molecule has 1 aromatic heterocycles. The van der Waals surface area contributed by atoms with Gasteiger partial charge in [-0.1, -0.05) is 5.92 Å². The lowest BCUT2D eigenvalue weighted by Crippen LogP contribution is -2.35. The Bertz CT molecular complexity index is 1250. The molecule has 2 saturated heterocycles. The van der Waals surface area contributed by atoms with Crippen LogP contribution in [0.1, 0.15) is 62.9 Å². The minimum Gasteiger partial charge on any atom is -0.497 e. The zero-order valence-electron chi connectivity index (χ0n) is 23.5. The van der Waals surface area contributed by atoms with Crippen LogP contribution in [0.3, 0.4) is 0 Å². The van der Waals surface area contributed by atoms with Crippen LogP contribution in [0.25, 0.3) is 0 Å². The summed E-state index contributed by atoms with van der Waals surface area (Å²) in [6.45, 7) is 10.3. The molecule has 2 fully saturated rings. The summed E-state index contributed by atoms with van der Waals surface area (Å²) in [5.74, 6) is 8.10. The van der Waals surface area contributed by atoms with Crippen molar-refractivity contribution in [1.29, 1.82) is 5.26 Å². The second-order valence-corrected chi connectivity index (χ2v) is 10.8. The van der Waals surface area contributed by atoms with Crippen LogP contribution in [0.5, 0.6) is 11.5 Å². The number of hydrogen-bond donors (Lipinski definition) is 1. The topological polar surface area (TPSA) is 105 Å². The molecule has 10 nitrogen and oxygen atoms in total. The highest BCUT2D eigenvalue weighted by molar-refractivity contribution is 5.68. The van der Waals surface area contributed by atoms with E-state index in [0.29, 0.717) is 60.2 Å². The standard InChI is InChI=1S/C29H38N6O4/c1-29(2,3)39-28(36)34-14-10-22(20-34)35-27(31-11-15-33-12-6-7-13-33)25(19-30)26(32-35)9-8-21-16-23(37-4)18-24(17-21)38-5/h16-18,22,31H,6-7,10-15,20H2,1-5H3. The van der Waals surface area contributed by atoms with Crippen molar-refractivity contribution in [3.63, 3.8) is 0 Å². The quantitative estimate of drug-likeness (QED) is 0.534. The van der Waals surface area contributed by atoms with E-state index >= 15 is 0 Å². The van der Waals surface area contributed by atoms with Crippen molar-refractivity contribution in [2.24, 2.45) is 0 Å². The Morgan fingerprint density at radius 3 is 2.41 bits per heavy atom. The Balaban J connectivity index is 1.62. The molecule has 10 heteroatoms. The van der Waals surface area contributed by atoms with Crippen LogP contribution in [0.15, 0.2) is 18.2 Å². The lowest BCUT2D eigenvalue weighted by atomic mass is 10.2. The first-order valence-electron chi connectivity index (χ1n) is 13.4. The number of benzene rings is 1. The van der Waals surface area contributed by atoms with Gasteiger partial charge in [-0.2, -0.15) is 10.4 Å². The SMILES string of the molecule is COc1cc(C#Cc2nn(C3CCN(C(=O)OC(C)(C)C)C3)c(NCCN3CCCC3)c2C#N)cc(OC)c1. The zero-order valence-corrected chi connectivity index (χ0v) is 23.5. The molecule has 1 amide bonds. The number of carbonyl (C=O) groups is 1. The van der Waals surface area contributed by atoms with Crippen molar-refractivity contribution in [2.75, 3.05) is 58.8 Å². The van der Waals surface area contributed by atoms with Crippen molar-refractivity contribution in [1.82, 2.24) is 19.6 Å². The van der Waals surface area contributed by atoms with Gasteiger partial charge in [-0.25, -0.2) is 9.48 Å². The first kappa shape index (κ1) is 28.1. The number of anilines is 1. The molecule has 1 aromatic carbocycles. The largest absolute Gasteiger partial charge is 0.497 e. The van der Waals surface area contributed by atoms with Crippen LogP contribution in [-0.2, 0) is 4.74 Å². The maximum atomic E-state index is 12.7. The summed E-state index contributed by atoms with van der Waals surface area (Å²) in [5.41, 5.74) is 0.904. The smallest absolute Gasteiger partial charge is 0.410 e. The lowest BCUT2D eigenvalue weighted by molar-refractivity contribution is 0.0288. The maximum absolute atomic E-state index is 12.7. The second-order valence-electron chi connectivity index (χ2n) is 10.8. The third-order valence-corrected chi connectivity index (χ3v) is 6.78.